The Balaban J connectivity index is 1.80. The van der Waals surface area contributed by atoms with Gasteiger partial charge in [0.15, 0.2) is 5.58 Å². The van der Waals surface area contributed by atoms with Gasteiger partial charge >= 0.3 is 0 Å². The lowest BCUT2D eigenvalue weighted by molar-refractivity contribution is 0.489. The third-order valence-corrected chi connectivity index (χ3v) is 3.68. The van der Waals surface area contributed by atoms with Crippen LogP contribution >= 0.6 is 11.8 Å². The maximum atomic E-state index is 5.71. The average Bonchev–Trinajstić information content (AvgIpc) is 2.79. The van der Waals surface area contributed by atoms with Crippen molar-refractivity contribution >= 4 is 28.5 Å². The molecular formula is C14H13N3OS. The highest BCUT2D eigenvalue weighted by Gasteiger charge is 2.08. The second-order valence-corrected chi connectivity index (χ2v) is 5.19. The molecule has 2 aromatic heterocycles. The number of pyridine rings is 1. The highest BCUT2D eigenvalue weighted by molar-refractivity contribution is 7.98. The third-order valence-electron chi connectivity index (χ3n) is 2.84. The summed E-state index contributed by atoms with van der Waals surface area (Å²) in [4.78, 5) is 8.76. The van der Waals surface area contributed by atoms with Gasteiger partial charge in [-0.1, -0.05) is 17.8 Å². The van der Waals surface area contributed by atoms with Gasteiger partial charge in [-0.3, -0.25) is 4.98 Å². The third kappa shape index (κ3) is 2.56. The fourth-order valence-electron chi connectivity index (χ4n) is 1.78. The lowest BCUT2D eigenvalue weighted by Gasteiger charge is -2.00. The van der Waals surface area contributed by atoms with Gasteiger partial charge in [0.1, 0.15) is 5.52 Å². The standard InChI is InChI=1S/C14H13N3OS/c1-9-3-2-6-16-12(9)8-19-14-17-11-5-4-10(15)7-13(11)18-14/h2-7H,8,15H2,1H3. The summed E-state index contributed by atoms with van der Waals surface area (Å²) in [6.45, 7) is 2.05. The van der Waals surface area contributed by atoms with E-state index in [1.165, 1.54) is 17.3 Å². The molecule has 0 saturated heterocycles. The van der Waals surface area contributed by atoms with Gasteiger partial charge in [-0.25, -0.2) is 4.98 Å². The van der Waals surface area contributed by atoms with E-state index in [0.717, 1.165) is 22.5 Å². The van der Waals surface area contributed by atoms with Gasteiger partial charge in [0.25, 0.3) is 5.22 Å². The minimum Gasteiger partial charge on any atom is -0.431 e. The first-order valence-electron chi connectivity index (χ1n) is 5.92. The van der Waals surface area contributed by atoms with Crippen LogP contribution in [0.4, 0.5) is 5.69 Å². The molecule has 0 spiro atoms. The number of benzene rings is 1. The molecule has 3 rings (SSSR count). The number of rotatable bonds is 3. The molecule has 0 bridgehead atoms. The lowest BCUT2D eigenvalue weighted by Crippen LogP contribution is -1.90. The summed E-state index contributed by atoms with van der Waals surface area (Å²) in [5, 5.41) is 0.644. The fourth-order valence-corrected chi connectivity index (χ4v) is 2.66. The van der Waals surface area contributed by atoms with Crippen molar-refractivity contribution < 1.29 is 4.42 Å². The van der Waals surface area contributed by atoms with Crippen molar-refractivity contribution in [3.05, 3.63) is 47.8 Å². The monoisotopic (exact) mass is 271 g/mol. The maximum Gasteiger partial charge on any atom is 0.257 e. The highest BCUT2D eigenvalue weighted by Crippen LogP contribution is 2.27. The van der Waals surface area contributed by atoms with Crippen LogP contribution in [0.2, 0.25) is 0 Å². The van der Waals surface area contributed by atoms with Crippen LogP contribution in [0, 0.1) is 6.92 Å². The Morgan fingerprint density at radius 3 is 3.05 bits per heavy atom. The van der Waals surface area contributed by atoms with E-state index in [1.807, 2.05) is 18.2 Å². The molecule has 0 aliphatic heterocycles. The van der Waals surface area contributed by atoms with Crippen molar-refractivity contribution in [1.29, 1.82) is 0 Å². The van der Waals surface area contributed by atoms with Gasteiger partial charge in [0.2, 0.25) is 0 Å². The molecule has 0 unspecified atom stereocenters. The van der Waals surface area contributed by atoms with E-state index in [-0.39, 0.29) is 0 Å². The van der Waals surface area contributed by atoms with Gasteiger partial charge < -0.3 is 10.2 Å². The van der Waals surface area contributed by atoms with Crippen LogP contribution in [0.1, 0.15) is 11.3 Å². The van der Waals surface area contributed by atoms with Gasteiger partial charge in [-0.05, 0) is 30.7 Å². The minimum absolute atomic E-state index is 0.644. The number of oxazole rings is 1. The Labute approximate surface area is 115 Å². The number of fused-ring (bicyclic) bond motifs is 1. The van der Waals surface area contributed by atoms with Crippen molar-refractivity contribution in [2.24, 2.45) is 0 Å². The summed E-state index contributed by atoms with van der Waals surface area (Å²) in [6, 6.07) is 9.46. The van der Waals surface area contributed by atoms with E-state index in [0.29, 0.717) is 10.9 Å². The summed E-state index contributed by atoms with van der Waals surface area (Å²) < 4.78 is 5.65. The van der Waals surface area contributed by atoms with Crippen LogP contribution in [-0.2, 0) is 5.75 Å². The zero-order valence-electron chi connectivity index (χ0n) is 10.5. The molecular weight excluding hydrogens is 258 g/mol. The van der Waals surface area contributed by atoms with Crippen LogP contribution in [0.5, 0.6) is 0 Å². The molecule has 1 aromatic carbocycles. The first kappa shape index (κ1) is 12.0. The number of aryl methyl sites for hydroxylation is 1. The SMILES string of the molecule is Cc1cccnc1CSc1nc2ccc(N)cc2o1. The Hall–Kier alpha value is -2.01. The van der Waals surface area contributed by atoms with Gasteiger partial charge in [-0.2, -0.15) is 0 Å². The second-order valence-electron chi connectivity index (χ2n) is 4.26. The van der Waals surface area contributed by atoms with Crippen molar-refractivity contribution in [2.75, 3.05) is 5.73 Å². The summed E-state index contributed by atoms with van der Waals surface area (Å²) in [5.74, 6) is 0.745. The quantitative estimate of drug-likeness (QED) is 0.584. The molecule has 0 aliphatic rings. The smallest absolute Gasteiger partial charge is 0.257 e. The normalized spacial score (nSPS) is 11.0. The first-order chi connectivity index (χ1) is 9.22. The molecule has 0 radical (unpaired) electrons. The summed E-state index contributed by atoms with van der Waals surface area (Å²) in [7, 11) is 0. The van der Waals surface area contributed by atoms with Gasteiger partial charge in [-0.15, -0.1) is 0 Å². The molecule has 0 saturated carbocycles. The number of nitrogen functional groups attached to an aromatic ring is 1. The van der Waals surface area contributed by atoms with Crippen LogP contribution in [0.25, 0.3) is 11.1 Å². The Bertz CT molecular complexity index is 724. The molecule has 4 nitrogen and oxygen atoms in total. The fraction of sp³-hybridized carbons (Fsp3) is 0.143. The van der Waals surface area contributed by atoms with Crippen molar-refractivity contribution in [1.82, 2.24) is 9.97 Å². The summed E-state index contributed by atoms with van der Waals surface area (Å²) in [5.41, 5.74) is 10.2. The number of aromatic nitrogens is 2. The summed E-state index contributed by atoms with van der Waals surface area (Å²) >= 11 is 1.54. The Kier molecular flexibility index (Phi) is 3.13. The first-order valence-corrected chi connectivity index (χ1v) is 6.90. The zero-order valence-corrected chi connectivity index (χ0v) is 11.3. The van der Waals surface area contributed by atoms with E-state index in [2.05, 4.69) is 23.0 Å². The van der Waals surface area contributed by atoms with Crippen LogP contribution in [-0.4, -0.2) is 9.97 Å². The largest absolute Gasteiger partial charge is 0.431 e. The average molecular weight is 271 g/mol. The van der Waals surface area contributed by atoms with Crippen molar-refractivity contribution in [3.8, 4) is 0 Å². The van der Waals surface area contributed by atoms with Crippen LogP contribution < -0.4 is 5.73 Å². The lowest BCUT2D eigenvalue weighted by atomic mass is 10.2. The number of hydrogen-bond donors (Lipinski definition) is 1. The minimum atomic E-state index is 0.644. The molecule has 0 atom stereocenters. The van der Waals surface area contributed by atoms with Gasteiger partial charge in [0, 0.05) is 23.7 Å². The second kappa shape index (κ2) is 4.93. The Morgan fingerprint density at radius 2 is 2.21 bits per heavy atom. The molecule has 19 heavy (non-hydrogen) atoms. The Morgan fingerprint density at radius 1 is 1.32 bits per heavy atom. The molecule has 0 aliphatic carbocycles. The van der Waals surface area contributed by atoms with Crippen molar-refractivity contribution in [3.63, 3.8) is 0 Å². The molecule has 96 valence electrons. The van der Waals surface area contributed by atoms with Gasteiger partial charge in [0.05, 0.1) is 5.69 Å². The topological polar surface area (TPSA) is 64.9 Å². The molecule has 0 amide bonds. The molecule has 2 heterocycles. The number of anilines is 1. The molecule has 3 aromatic rings. The van der Waals surface area contributed by atoms with Crippen LogP contribution in [0.3, 0.4) is 0 Å². The predicted molar refractivity (Wildman–Crippen MR) is 77.0 cm³/mol. The van der Waals surface area contributed by atoms with E-state index in [4.69, 9.17) is 10.2 Å². The number of nitrogens with zero attached hydrogens (tertiary/aromatic N) is 2. The number of hydrogen-bond acceptors (Lipinski definition) is 5. The number of thioether (sulfide) groups is 1. The zero-order chi connectivity index (χ0) is 13.2. The van der Waals surface area contributed by atoms with Crippen LogP contribution in [0.15, 0.2) is 46.2 Å². The number of nitrogens with two attached hydrogens (primary N) is 1. The van der Waals surface area contributed by atoms with E-state index in [1.54, 1.807) is 12.3 Å². The molecule has 5 heteroatoms. The highest BCUT2D eigenvalue weighted by atomic mass is 32.2. The van der Waals surface area contributed by atoms with E-state index >= 15 is 0 Å². The molecule has 2 N–H and O–H groups in total. The van der Waals surface area contributed by atoms with Crippen molar-refractivity contribution in [2.45, 2.75) is 17.9 Å². The van der Waals surface area contributed by atoms with E-state index < -0.39 is 0 Å². The summed E-state index contributed by atoms with van der Waals surface area (Å²) in [6.07, 6.45) is 1.80. The molecule has 0 fully saturated rings. The maximum absolute atomic E-state index is 5.71. The van der Waals surface area contributed by atoms with E-state index in [9.17, 15) is 0 Å². The predicted octanol–water partition coefficient (Wildman–Crippen LogP) is 3.41.